The van der Waals surface area contributed by atoms with Gasteiger partial charge in [-0.1, -0.05) is 236 Å². The molecule has 8 heteroatoms. The van der Waals surface area contributed by atoms with E-state index >= 15 is 0 Å². The van der Waals surface area contributed by atoms with Crippen molar-refractivity contribution < 1.29 is 22.5 Å². The van der Waals surface area contributed by atoms with Crippen molar-refractivity contribution in [3.63, 3.8) is 0 Å². The Hall–Kier alpha value is -13.2. The third kappa shape index (κ3) is 8.72. The van der Waals surface area contributed by atoms with Crippen molar-refractivity contribution in [2.75, 3.05) is 0 Å². The smallest absolute Gasteiger partial charge is 0.197 e. The molecule has 5 aromatic heterocycles. The van der Waals surface area contributed by atoms with Gasteiger partial charge < -0.3 is 18.0 Å². The number of nitrogens with zero attached hydrogens (tertiary/aromatic N) is 6. The summed E-state index contributed by atoms with van der Waals surface area (Å²) in [6, 6.07) is 78.3. The van der Waals surface area contributed by atoms with Gasteiger partial charge >= 0.3 is 0 Å². The number of benzene rings is 14. The van der Waals surface area contributed by atoms with Gasteiger partial charge in [-0.2, -0.15) is 0 Å². The minimum atomic E-state index is -0.696. The summed E-state index contributed by atoms with van der Waals surface area (Å²) in [5.74, 6) is -1.21. The highest BCUT2D eigenvalue weighted by Crippen LogP contribution is 2.53. The summed E-state index contributed by atoms with van der Waals surface area (Å²) in [4.78, 5) is 19.7. The lowest BCUT2D eigenvalue weighted by Gasteiger charge is -2.25. The van der Waals surface area contributed by atoms with Crippen LogP contribution in [0.3, 0.4) is 0 Å². The van der Waals surface area contributed by atoms with Crippen LogP contribution >= 0.6 is 0 Å². The maximum Gasteiger partial charge on any atom is 0.197 e. The van der Waals surface area contributed by atoms with Crippen molar-refractivity contribution in [1.29, 1.82) is 0 Å². The fourth-order valence-electron chi connectivity index (χ4n) is 14.1. The highest BCUT2D eigenvalue weighted by molar-refractivity contribution is 6.27. The highest BCUT2D eigenvalue weighted by Gasteiger charge is 2.32. The van der Waals surface area contributed by atoms with Crippen LogP contribution in [-0.2, 0) is 0 Å². The zero-order valence-corrected chi connectivity index (χ0v) is 50.7. The molecule has 0 aliphatic carbocycles. The molecule has 446 valence electrons. The molecule has 5 heterocycles. The Morgan fingerprint density at radius 1 is 0.312 bits per heavy atom. The van der Waals surface area contributed by atoms with Gasteiger partial charge in [-0.3, -0.25) is 0 Å². The fourth-order valence-corrected chi connectivity index (χ4v) is 14.1. The molecule has 0 aliphatic rings. The standard InChI is InChI=1S/C88H52N6O2/c1-89-72-53-71(88-91-86(59-33-19-7-20-34-59)90-87(92-88)60-35-21-8-22-36-60)82(93-73-43-37-61(54-23-9-2-10-24-54)51-69(73)80-75(93)45-41-65-67-49-63(56-27-13-4-14-28-56)39-47-77(67)95-84(65)80)83(79(72)58-31-17-6-18-32-58)94-74-44-38-62(55-25-11-3-12-26-55)52-70(74)81-76(94)46-42-66-68-50-64(57-29-15-5-16-30-57)40-48-78(68)96-85(66)81/h2-53H/i7D,8D,19D,20D,21D,22D,33D,34D,35D,36D. The number of aromatic nitrogens is 5. The molecule has 14 aromatic carbocycles. The molecule has 0 fully saturated rings. The zero-order chi connectivity index (χ0) is 72.1. The van der Waals surface area contributed by atoms with Crippen molar-refractivity contribution in [2.45, 2.75) is 0 Å². The van der Waals surface area contributed by atoms with E-state index in [1.54, 1.807) is 6.07 Å². The van der Waals surface area contributed by atoms with Crippen molar-refractivity contribution >= 4 is 93.2 Å². The van der Waals surface area contributed by atoms with Crippen LogP contribution in [0.2, 0.25) is 0 Å². The molecule has 0 unspecified atom stereocenters. The predicted molar refractivity (Wildman–Crippen MR) is 393 cm³/mol. The summed E-state index contributed by atoms with van der Waals surface area (Å²) >= 11 is 0. The normalized spacial score (nSPS) is 13.2. The average molecular weight is 1240 g/mol. The maximum atomic E-state index is 9.55. The third-order valence-corrected chi connectivity index (χ3v) is 18.4. The first-order chi connectivity index (χ1) is 51.7. The van der Waals surface area contributed by atoms with E-state index in [9.17, 15) is 12.1 Å². The molecular formula is C88H52N6O2. The van der Waals surface area contributed by atoms with Gasteiger partial charge in [0.25, 0.3) is 0 Å². The Morgan fingerprint density at radius 3 is 1.09 bits per heavy atom. The van der Waals surface area contributed by atoms with Crippen LogP contribution in [0, 0.1) is 6.57 Å². The van der Waals surface area contributed by atoms with Crippen LogP contribution in [0.5, 0.6) is 0 Å². The number of furan rings is 2. The van der Waals surface area contributed by atoms with Gasteiger partial charge in [-0.15, -0.1) is 0 Å². The van der Waals surface area contributed by atoms with Gasteiger partial charge in [-0.25, -0.2) is 19.8 Å². The number of hydrogen-bond acceptors (Lipinski definition) is 5. The Kier molecular flexibility index (Phi) is 10.3. The fraction of sp³-hybridized carbons (Fsp3) is 0. The quantitative estimate of drug-likeness (QED) is 0.128. The molecule has 0 N–H and O–H groups in total. The van der Waals surface area contributed by atoms with Crippen LogP contribution in [0.25, 0.3) is 194 Å². The lowest BCUT2D eigenvalue weighted by Crippen LogP contribution is -2.10. The minimum Gasteiger partial charge on any atom is -0.455 e. The van der Waals surface area contributed by atoms with Crippen molar-refractivity contribution in [2.24, 2.45) is 0 Å². The monoisotopic (exact) mass is 1230 g/mol. The first kappa shape index (κ1) is 45.1. The van der Waals surface area contributed by atoms with Gasteiger partial charge in [0, 0.05) is 54.6 Å². The lowest BCUT2D eigenvalue weighted by atomic mass is 9.95. The van der Waals surface area contributed by atoms with Gasteiger partial charge in [0.15, 0.2) is 23.2 Å². The van der Waals surface area contributed by atoms with Gasteiger partial charge in [0.2, 0.25) is 0 Å². The Balaban J connectivity index is 1.04. The van der Waals surface area contributed by atoms with Crippen LogP contribution in [0.4, 0.5) is 5.69 Å². The largest absolute Gasteiger partial charge is 0.455 e. The molecule has 0 atom stereocenters. The first-order valence-corrected chi connectivity index (χ1v) is 31.4. The molecule has 0 radical (unpaired) electrons. The van der Waals surface area contributed by atoms with Gasteiger partial charge in [-0.05, 0) is 129 Å². The molecule has 0 saturated heterocycles. The van der Waals surface area contributed by atoms with E-state index in [1.165, 1.54) is 0 Å². The second kappa shape index (κ2) is 22.0. The van der Waals surface area contributed by atoms with Crippen molar-refractivity contribution in [1.82, 2.24) is 24.1 Å². The number of rotatable bonds is 10. The minimum absolute atomic E-state index is 0.101. The molecule has 8 nitrogen and oxygen atoms in total. The molecular weight excluding hydrogens is 1170 g/mol. The van der Waals surface area contributed by atoms with Gasteiger partial charge in [0.1, 0.15) is 22.3 Å². The topological polar surface area (TPSA) is 79.2 Å². The average Bonchev–Trinajstić information content (AvgIpc) is 1.51. The van der Waals surface area contributed by atoms with Crippen LogP contribution < -0.4 is 0 Å². The molecule has 0 amide bonds. The van der Waals surface area contributed by atoms with E-state index in [0.29, 0.717) is 66.9 Å². The lowest BCUT2D eigenvalue weighted by molar-refractivity contribution is 0.672. The molecule has 96 heavy (non-hydrogen) atoms. The zero-order valence-electron chi connectivity index (χ0n) is 60.7. The van der Waals surface area contributed by atoms with Crippen molar-refractivity contribution in [3.8, 4) is 101 Å². The highest BCUT2D eigenvalue weighted by atomic mass is 16.3. The van der Waals surface area contributed by atoms with E-state index in [2.05, 4.69) is 147 Å². The van der Waals surface area contributed by atoms with E-state index < -0.39 is 83.2 Å². The molecule has 0 aliphatic heterocycles. The molecule has 19 rings (SSSR count). The summed E-state index contributed by atoms with van der Waals surface area (Å²) in [6.07, 6.45) is 0. The van der Waals surface area contributed by atoms with Gasteiger partial charge in [0.05, 0.1) is 64.5 Å². The third-order valence-electron chi connectivity index (χ3n) is 18.4. The summed E-state index contributed by atoms with van der Waals surface area (Å²) < 4.78 is 110. The SMILES string of the molecule is [2H]c1c([2H])c([2H])c(-c2nc(-c3cc([N+]#[C-])c(-c4ccccc4)c(-n4c5ccc(-c6ccccc6)cc5c5c6oc7ccc(-c8ccccc8)cc7c6ccc54)c3-n3c4ccc(-c5ccccc5)cc4c4c5oc6ccc(-c7ccccc7)cc6c5ccc43)nc(-c3c([2H])c([2H])c([2H])c([2H])c3[2H])n2)c([2H])c1[2H]. The van der Waals surface area contributed by atoms with E-state index in [-0.39, 0.29) is 17.1 Å². The Morgan fingerprint density at radius 2 is 0.677 bits per heavy atom. The van der Waals surface area contributed by atoms with E-state index in [4.69, 9.17) is 32.0 Å². The molecule has 0 spiro atoms. The first-order valence-electron chi connectivity index (χ1n) is 36.4. The molecule has 0 bridgehead atoms. The second-order valence-corrected chi connectivity index (χ2v) is 23.7. The Bertz CT molecular complexity index is 6870. The maximum absolute atomic E-state index is 9.55. The summed E-state index contributed by atoms with van der Waals surface area (Å²) in [7, 11) is 0. The summed E-state index contributed by atoms with van der Waals surface area (Å²) in [5.41, 5.74) is 14.1. The summed E-state index contributed by atoms with van der Waals surface area (Å²) in [5, 5.41) is 6.51. The van der Waals surface area contributed by atoms with Crippen LogP contribution in [0.1, 0.15) is 13.7 Å². The molecule has 0 saturated carbocycles. The van der Waals surface area contributed by atoms with Crippen LogP contribution in [0.15, 0.2) is 324 Å². The number of fused-ring (bicyclic) bond motifs is 14. The summed E-state index contributed by atoms with van der Waals surface area (Å²) in [6.45, 7) is 9.55. The number of hydrogen-bond donors (Lipinski definition) is 0. The molecule has 19 aromatic rings. The van der Waals surface area contributed by atoms with Crippen molar-refractivity contribution in [3.05, 3.63) is 327 Å². The van der Waals surface area contributed by atoms with E-state index in [1.807, 2.05) is 115 Å². The second-order valence-electron chi connectivity index (χ2n) is 23.7. The van der Waals surface area contributed by atoms with E-state index in [0.717, 1.165) is 87.6 Å². The predicted octanol–water partition coefficient (Wildman–Crippen LogP) is 23.8. The van der Waals surface area contributed by atoms with Crippen LogP contribution in [-0.4, -0.2) is 24.1 Å². The Labute approximate surface area is 565 Å².